The lowest BCUT2D eigenvalue weighted by atomic mass is 10.2. The molecule has 0 saturated heterocycles. The van der Waals surface area contributed by atoms with Crippen LogP contribution in [0.2, 0.25) is 0 Å². The number of nitrogens with zero attached hydrogens (tertiary/aromatic N) is 2. The van der Waals surface area contributed by atoms with Crippen molar-refractivity contribution in [2.24, 2.45) is 0 Å². The first-order valence-electron chi connectivity index (χ1n) is 7.14. The summed E-state index contributed by atoms with van der Waals surface area (Å²) in [7, 11) is 0. The van der Waals surface area contributed by atoms with E-state index >= 15 is 0 Å². The summed E-state index contributed by atoms with van der Waals surface area (Å²) in [4.78, 5) is 20.4. The number of hydrogen-bond acceptors (Lipinski definition) is 5. The van der Waals surface area contributed by atoms with Gasteiger partial charge in [0.05, 0.1) is 30.2 Å². The maximum atomic E-state index is 12.2. The Labute approximate surface area is 124 Å². The normalized spacial score (nSPS) is 10.4. The molecule has 0 aromatic carbocycles. The highest BCUT2D eigenvalue weighted by Crippen LogP contribution is 2.13. The number of aryl methyl sites for hydroxylation is 1. The number of amides is 1. The third-order valence-corrected chi connectivity index (χ3v) is 2.98. The maximum Gasteiger partial charge on any atom is 0.253 e. The van der Waals surface area contributed by atoms with E-state index in [2.05, 4.69) is 27.5 Å². The molecular formula is C15H20N4O2. The van der Waals surface area contributed by atoms with Crippen molar-refractivity contribution in [3.63, 3.8) is 0 Å². The molecule has 2 heterocycles. The summed E-state index contributed by atoms with van der Waals surface area (Å²) >= 11 is 0. The second-order valence-corrected chi connectivity index (χ2v) is 4.60. The zero-order valence-corrected chi connectivity index (χ0v) is 12.3. The molecule has 2 aromatic heterocycles. The van der Waals surface area contributed by atoms with Crippen LogP contribution in [0.3, 0.4) is 0 Å². The van der Waals surface area contributed by atoms with E-state index in [1.54, 1.807) is 24.7 Å². The Morgan fingerprint density at radius 1 is 1.33 bits per heavy atom. The van der Waals surface area contributed by atoms with Crippen molar-refractivity contribution in [3.8, 4) is 0 Å². The zero-order valence-electron chi connectivity index (χ0n) is 12.3. The highest BCUT2D eigenvalue weighted by molar-refractivity contribution is 5.99. The number of nitrogens with one attached hydrogen (secondary N) is 2. The lowest BCUT2D eigenvalue weighted by Crippen LogP contribution is -2.24. The molecule has 6 heteroatoms. The van der Waals surface area contributed by atoms with E-state index in [1.165, 1.54) is 0 Å². The molecule has 0 bridgehead atoms. The van der Waals surface area contributed by atoms with Crippen LogP contribution in [0.15, 0.2) is 29.1 Å². The van der Waals surface area contributed by atoms with E-state index in [1.807, 2.05) is 6.92 Å². The van der Waals surface area contributed by atoms with Crippen LogP contribution in [0, 0.1) is 0 Å². The van der Waals surface area contributed by atoms with Crippen LogP contribution in [-0.4, -0.2) is 22.4 Å². The lowest BCUT2D eigenvalue weighted by Gasteiger charge is -2.10. The Balaban J connectivity index is 1.99. The zero-order chi connectivity index (χ0) is 15.1. The van der Waals surface area contributed by atoms with E-state index in [9.17, 15) is 4.79 Å². The predicted molar refractivity (Wildman–Crippen MR) is 80.1 cm³/mol. The summed E-state index contributed by atoms with van der Waals surface area (Å²) < 4.78 is 5.46. The van der Waals surface area contributed by atoms with Crippen LogP contribution in [0.1, 0.15) is 42.3 Å². The quantitative estimate of drug-likeness (QED) is 0.817. The monoisotopic (exact) mass is 288 g/mol. The van der Waals surface area contributed by atoms with Gasteiger partial charge in [0.2, 0.25) is 5.89 Å². The van der Waals surface area contributed by atoms with Crippen molar-refractivity contribution < 1.29 is 9.21 Å². The molecule has 0 saturated carbocycles. The Morgan fingerprint density at radius 3 is 2.90 bits per heavy atom. The predicted octanol–water partition coefficient (Wildman–Crippen LogP) is 2.38. The van der Waals surface area contributed by atoms with Crippen molar-refractivity contribution in [3.05, 3.63) is 41.9 Å². The molecule has 0 atom stereocenters. The van der Waals surface area contributed by atoms with Crippen molar-refractivity contribution in [1.82, 2.24) is 15.3 Å². The fraction of sp³-hybridized carbons (Fsp3) is 0.400. The summed E-state index contributed by atoms with van der Waals surface area (Å²) in [5, 5.41) is 6.00. The molecule has 0 spiro atoms. The Hall–Kier alpha value is -2.37. The number of oxazole rings is 1. The molecule has 0 fully saturated rings. The largest absolute Gasteiger partial charge is 0.444 e. The van der Waals surface area contributed by atoms with Gasteiger partial charge in [0.1, 0.15) is 5.76 Å². The minimum Gasteiger partial charge on any atom is -0.444 e. The molecule has 21 heavy (non-hydrogen) atoms. The molecular weight excluding hydrogens is 268 g/mol. The van der Waals surface area contributed by atoms with Gasteiger partial charge in [-0.3, -0.25) is 9.78 Å². The van der Waals surface area contributed by atoms with Gasteiger partial charge in [0.15, 0.2) is 0 Å². The number of aromatic nitrogens is 2. The molecule has 0 unspecified atom stereocenters. The van der Waals surface area contributed by atoms with Gasteiger partial charge in [-0.05, 0) is 12.5 Å². The second-order valence-electron chi connectivity index (χ2n) is 4.60. The summed E-state index contributed by atoms with van der Waals surface area (Å²) in [6.45, 7) is 5.13. The first kappa shape index (κ1) is 15.0. The van der Waals surface area contributed by atoms with Crippen LogP contribution < -0.4 is 10.6 Å². The highest BCUT2D eigenvalue weighted by atomic mass is 16.4. The SMILES string of the molecule is CCCNc1cnccc1C(=O)NCc1ncc(CC)o1. The van der Waals surface area contributed by atoms with Crippen molar-refractivity contribution in [1.29, 1.82) is 0 Å². The average molecular weight is 288 g/mol. The number of rotatable bonds is 7. The minimum atomic E-state index is -0.174. The summed E-state index contributed by atoms with van der Waals surface area (Å²) in [5.74, 6) is 1.15. The number of anilines is 1. The van der Waals surface area contributed by atoms with Crippen LogP contribution in [-0.2, 0) is 13.0 Å². The Bertz CT molecular complexity index is 595. The van der Waals surface area contributed by atoms with Gasteiger partial charge in [-0.15, -0.1) is 0 Å². The van der Waals surface area contributed by atoms with Gasteiger partial charge in [-0.1, -0.05) is 13.8 Å². The van der Waals surface area contributed by atoms with Crippen molar-refractivity contribution in [2.75, 3.05) is 11.9 Å². The fourth-order valence-electron chi connectivity index (χ4n) is 1.84. The van der Waals surface area contributed by atoms with E-state index in [4.69, 9.17) is 4.42 Å². The van der Waals surface area contributed by atoms with Crippen molar-refractivity contribution in [2.45, 2.75) is 33.2 Å². The number of hydrogen-bond donors (Lipinski definition) is 2. The summed E-state index contributed by atoms with van der Waals surface area (Å²) in [5.41, 5.74) is 1.30. The van der Waals surface area contributed by atoms with E-state index in [0.717, 1.165) is 30.8 Å². The number of carbonyl (C=O) groups is 1. The standard InChI is InChI=1S/C15H20N4O2/c1-3-6-17-13-9-16-7-5-12(13)15(20)19-10-14-18-8-11(4-2)21-14/h5,7-9,17H,3-4,6,10H2,1-2H3,(H,19,20). The first-order chi connectivity index (χ1) is 10.2. The number of carbonyl (C=O) groups excluding carboxylic acids is 1. The second kappa shape index (κ2) is 7.42. The smallest absolute Gasteiger partial charge is 0.253 e. The fourth-order valence-corrected chi connectivity index (χ4v) is 1.84. The molecule has 0 aliphatic carbocycles. The van der Waals surface area contributed by atoms with Gasteiger partial charge < -0.3 is 15.1 Å². The molecule has 112 valence electrons. The first-order valence-corrected chi connectivity index (χ1v) is 7.14. The summed E-state index contributed by atoms with van der Waals surface area (Å²) in [6, 6.07) is 1.69. The van der Waals surface area contributed by atoms with Gasteiger partial charge in [0, 0.05) is 19.2 Å². The third kappa shape index (κ3) is 4.05. The topological polar surface area (TPSA) is 80.0 Å². The van der Waals surface area contributed by atoms with E-state index in [-0.39, 0.29) is 12.5 Å². The van der Waals surface area contributed by atoms with E-state index < -0.39 is 0 Å². The van der Waals surface area contributed by atoms with Gasteiger partial charge in [-0.25, -0.2) is 4.98 Å². The van der Waals surface area contributed by atoms with Crippen molar-refractivity contribution >= 4 is 11.6 Å². The average Bonchev–Trinajstić information content (AvgIpc) is 2.99. The van der Waals surface area contributed by atoms with Crippen LogP contribution >= 0.6 is 0 Å². The van der Waals surface area contributed by atoms with Gasteiger partial charge >= 0.3 is 0 Å². The number of pyridine rings is 1. The molecule has 0 aliphatic rings. The molecule has 0 aliphatic heterocycles. The molecule has 1 amide bonds. The molecule has 2 aromatic rings. The third-order valence-electron chi connectivity index (χ3n) is 2.98. The van der Waals surface area contributed by atoms with Crippen LogP contribution in [0.5, 0.6) is 0 Å². The lowest BCUT2D eigenvalue weighted by molar-refractivity contribution is 0.0947. The van der Waals surface area contributed by atoms with Crippen LogP contribution in [0.25, 0.3) is 0 Å². The molecule has 6 nitrogen and oxygen atoms in total. The maximum absolute atomic E-state index is 12.2. The van der Waals surface area contributed by atoms with Crippen LogP contribution in [0.4, 0.5) is 5.69 Å². The van der Waals surface area contributed by atoms with Gasteiger partial charge in [0.25, 0.3) is 5.91 Å². The highest BCUT2D eigenvalue weighted by Gasteiger charge is 2.12. The van der Waals surface area contributed by atoms with E-state index in [0.29, 0.717) is 11.5 Å². The van der Waals surface area contributed by atoms with Gasteiger partial charge in [-0.2, -0.15) is 0 Å². The Morgan fingerprint density at radius 2 is 2.19 bits per heavy atom. The molecule has 0 radical (unpaired) electrons. The summed E-state index contributed by atoms with van der Waals surface area (Å²) in [6.07, 6.45) is 6.71. The molecule has 2 rings (SSSR count). The minimum absolute atomic E-state index is 0.174. The molecule has 2 N–H and O–H groups in total. The Kier molecular flexibility index (Phi) is 5.31.